The molecule has 0 fully saturated rings. The van der Waals surface area contributed by atoms with Gasteiger partial charge in [-0.15, -0.1) is 0 Å². The molecule has 0 aliphatic carbocycles. The highest BCUT2D eigenvalue weighted by atomic mass is 79.9. The number of hydrogen-bond acceptors (Lipinski definition) is 2. The predicted molar refractivity (Wildman–Crippen MR) is 77.8 cm³/mol. The summed E-state index contributed by atoms with van der Waals surface area (Å²) in [4.78, 5) is 0. The summed E-state index contributed by atoms with van der Waals surface area (Å²) in [6, 6.07) is 16.2. The molecule has 2 aromatic carbocycles. The van der Waals surface area contributed by atoms with Crippen LogP contribution in [0.2, 0.25) is 0 Å². The van der Waals surface area contributed by atoms with Crippen LogP contribution in [0.5, 0.6) is 5.75 Å². The van der Waals surface area contributed by atoms with Crippen molar-refractivity contribution in [1.82, 2.24) is 0 Å². The van der Waals surface area contributed by atoms with Crippen molar-refractivity contribution >= 4 is 15.9 Å². The van der Waals surface area contributed by atoms with Crippen molar-refractivity contribution in [2.24, 2.45) is 5.73 Å². The molecule has 2 N–H and O–H groups in total. The summed E-state index contributed by atoms with van der Waals surface area (Å²) in [5, 5.41) is 0. The minimum atomic E-state index is 0.00482. The van der Waals surface area contributed by atoms with Crippen molar-refractivity contribution in [3.8, 4) is 5.75 Å². The van der Waals surface area contributed by atoms with Gasteiger partial charge in [0.25, 0.3) is 0 Å². The zero-order valence-corrected chi connectivity index (χ0v) is 11.9. The minimum absolute atomic E-state index is 0.00482. The van der Waals surface area contributed by atoms with Crippen LogP contribution in [0.1, 0.15) is 17.2 Å². The van der Waals surface area contributed by atoms with Gasteiger partial charge >= 0.3 is 0 Å². The van der Waals surface area contributed by atoms with Crippen LogP contribution in [0.15, 0.2) is 53.0 Å². The third-order valence-corrected chi connectivity index (χ3v) is 3.38. The fraction of sp³-hybridized carbons (Fsp3) is 0.200. The van der Waals surface area contributed by atoms with Gasteiger partial charge < -0.3 is 10.5 Å². The van der Waals surface area contributed by atoms with Gasteiger partial charge in [-0.3, -0.25) is 0 Å². The van der Waals surface area contributed by atoms with Gasteiger partial charge in [0, 0.05) is 10.5 Å². The standard InChI is InChI=1S/C15H16BrNO/c1-18-14-7-5-12(6-8-14)15(17)10-11-3-2-4-13(16)9-11/h2-9,15H,10,17H2,1H3. The first-order valence-electron chi connectivity index (χ1n) is 5.83. The van der Waals surface area contributed by atoms with Crippen molar-refractivity contribution in [2.45, 2.75) is 12.5 Å². The largest absolute Gasteiger partial charge is 0.497 e. The summed E-state index contributed by atoms with van der Waals surface area (Å²) in [7, 11) is 1.66. The molecule has 18 heavy (non-hydrogen) atoms. The average molecular weight is 306 g/mol. The van der Waals surface area contributed by atoms with E-state index in [4.69, 9.17) is 10.5 Å². The number of benzene rings is 2. The first-order valence-corrected chi connectivity index (χ1v) is 6.62. The van der Waals surface area contributed by atoms with Gasteiger partial charge in [0.15, 0.2) is 0 Å². The lowest BCUT2D eigenvalue weighted by atomic mass is 10.00. The van der Waals surface area contributed by atoms with Crippen LogP contribution >= 0.6 is 15.9 Å². The molecule has 2 rings (SSSR count). The Labute approximate surface area is 116 Å². The summed E-state index contributed by atoms with van der Waals surface area (Å²) in [6.45, 7) is 0. The molecule has 2 aromatic rings. The lowest BCUT2D eigenvalue weighted by Gasteiger charge is -2.13. The predicted octanol–water partition coefficient (Wildman–Crippen LogP) is 3.70. The molecule has 0 saturated heterocycles. The third-order valence-electron chi connectivity index (χ3n) is 2.89. The SMILES string of the molecule is COc1ccc(C(N)Cc2cccc(Br)c2)cc1. The monoisotopic (exact) mass is 305 g/mol. The zero-order chi connectivity index (χ0) is 13.0. The van der Waals surface area contributed by atoms with Crippen LogP contribution in [0.3, 0.4) is 0 Å². The van der Waals surface area contributed by atoms with E-state index in [0.29, 0.717) is 0 Å². The number of hydrogen-bond donors (Lipinski definition) is 1. The molecule has 1 unspecified atom stereocenters. The quantitative estimate of drug-likeness (QED) is 0.935. The van der Waals surface area contributed by atoms with E-state index in [9.17, 15) is 0 Å². The number of nitrogens with two attached hydrogens (primary N) is 1. The minimum Gasteiger partial charge on any atom is -0.497 e. The van der Waals surface area contributed by atoms with Gasteiger partial charge in [0.05, 0.1) is 7.11 Å². The summed E-state index contributed by atoms with van der Waals surface area (Å²) >= 11 is 3.47. The van der Waals surface area contributed by atoms with Crippen LogP contribution in [-0.2, 0) is 6.42 Å². The first kappa shape index (κ1) is 13.1. The number of ether oxygens (including phenoxy) is 1. The van der Waals surface area contributed by atoms with Crippen LogP contribution in [0.4, 0.5) is 0 Å². The molecule has 1 atom stereocenters. The fourth-order valence-electron chi connectivity index (χ4n) is 1.89. The lowest BCUT2D eigenvalue weighted by molar-refractivity contribution is 0.414. The highest BCUT2D eigenvalue weighted by Gasteiger charge is 2.07. The molecule has 0 aromatic heterocycles. The molecule has 2 nitrogen and oxygen atoms in total. The van der Waals surface area contributed by atoms with Gasteiger partial charge in [-0.05, 0) is 41.8 Å². The van der Waals surface area contributed by atoms with E-state index < -0.39 is 0 Å². The molecule has 0 radical (unpaired) electrons. The first-order chi connectivity index (χ1) is 8.69. The molecule has 0 amide bonds. The molecule has 0 aliphatic rings. The van der Waals surface area contributed by atoms with Crippen LogP contribution in [-0.4, -0.2) is 7.11 Å². The second kappa shape index (κ2) is 6.03. The Morgan fingerprint density at radius 3 is 2.50 bits per heavy atom. The Hall–Kier alpha value is -1.32. The molecule has 0 spiro atoms. The van der Waals surface area contributed by atoms with Crippen LogP contribution < -0.4 is 10.5 Å². The lowest BCUT2D eigenvalue weighted by Crippen LogP contribution is -2.13. The van der Waals surface area contributed by atoms with Crippen molar-refractivity contribution < 1.29 is 4.74 Å². The summed E-state index contributed by atoms with van der Waals surface area (Å²) in [5.41, 5.74) is 8.56. The van der Waals surface area contributed by atoms with Gasteiger partial charge in [-0.25, -0.2) is 0 Å². The molecule has 0 bridgehead atoms. The van der Waals surface area contributed by atoms with Gasteiger partial charge in [0.1, 0.15) is 5.75 Å². The van der Waals surface area contributed by atoms with E-state index in [0.717, 1.165) is 22.2 Å². The van der Waals surface area contributed by atoms with Crippen molar-refractivity contribution in [2.75, 3.05) is 7.11 Å². The Morgan fingerprint density at radius 1 is 1.17 bits per heavy atom. The maximum atomic E-state index is 6.21. The number of halogens is 1. The Morgan fingerprint density at radius 2 is 1.89 bits per heavy atom. The second-order valence-corrected chi connectivity index (χ2v) is 5.13. The summed E-state index contributed by atoms with van der Waals surface area (Å²) < 4.78 is 6.22. The van der Waals surface area contributed by atoms with E-state index in [1.54, 1.807) is 7.11 Å². The average Bonchev–Trinajstić information content (AvgIpc) is 2.39. The highest BCUT2D eigenvalue weighted by molar-refractivity contribution is 9.10. The molecular formula is C15H16BrNO. The van der Waals surface area contributed by atoms with E-state index in [1.165, 1.54) is 5.56 Å². The van der Waals surface area contributed by atoms with E-state index in [2.05, 4.69) is 28.1 Å². The molecule has 0 aliphatic heterocycles. The summed E-state index contributed by atoms with van der Waals surface area (Å²) in [6.07, 6.45) is 0.825. The Balaban J connectivity index is 2.09. The molecule has 94 valence electrons. The third kappa shape index (κ3) is 3.34. The van der Waals surface area contributed by atoms with E-state index >= 15 is 0 Å². The molecule has 3 heteroatoms. The fourth-order valence-corrected chi connectivity index (χ4v) is 2.33. The Bertz CT molecular complexity index is 510. The topological polar surface area (TPSA) is 35.2 Å². The van der Waals surface area contributed by atoms with E-state index in [-0.39, 0.29) is 6.04 Å². The molecular weight excluding hydrogens is 290 g/mol. The molecule has 0 heterocycles. The van der Waals surface area contributed by atoms with Gasteiger partial charge in [-0.2, -0.15) is 0 Å². The van der Waals surface area contributed by atoms with Gasteiger partial charge in [0.2, 0.25) is 0 Å². The van der Waals surface area contributed by atoms with Crippen LogP contribution in [0.25, 0.3) is 0 Å². The number of rotatable bonds is 4. The van der Waals surface area contributed by atoms with Gasteiger partial charge in [-0.1, -0.05) is 40.2 Å². The maximum absolute atomic E-state index is 6.21. The highest BCUT2D eigenvalue weighted by Crippen LogP contribution is 2.21. The van der Waals surface area contributed by atoms with Crippen LogP contribution in [0, 0.1) is 0 Å². The Kier molecular flexibility index (Phi) is 4.39. The van der Waals surface area contributed by atoms with Crippen molar-refractivity contribution in [3.05, 3.63) is 64.1 Å². The van der Waals surface area contributed by atoms with Crippen molar-refractivity contribution in [3.63, 3.8) is 0 Å². The second-order valence-electron chi connectivity index (χ2n) is 4.21. The maximum Gasteiger partial charge on any atom is 0.118 e. The summed E-state index contributed by atoms with van der Waals surface area (Å²) in [5.74, 6) is 0.855. The smallest absolute Gasteiger partial charge is 0.118 e. The number of methoxy groups -OCH3 is 1. The normalized spacial score (nSPS) is 12.2. The van der Waals surface area contributed by atoms with E-state index in [1.807, 2.05) is 36.4 Å². The van der Waals surface area contributed by atoms with Crippen molar-refractivity contribution in [1.29, 1.82) is 0 Å². The molecule has 0 saturated carbocycles. The zero-order valence-electron chi connectivity index (χ0n) is 10.3.